The summed E-state index contributed by atoms with van der Waals surface area (Å²) in [5.74, 6) is 1.13. The first-order valence-corrected chi connectivity index (χ1v) is 8.94. The van der Waals surface area contributed by atoms with Gasteiger partial charge in [0.05, 0.1) is 12.4 Å². The molecular formula is C20H18FN3O2. The van der Waals surface area contributed by atoms with Crippen molar-refractivity contribution in [2.75, 3.05) is 13.1 Å². The quantitative estimate of drug-likeness (QED) is 0.848. The molecular weight excluding hydrogens is 333 g/mol. The molecule has 2 aromatic heterocycles. The number of nitrogens with zero attached hydrogens (tertiary/aromatic N) is 3. The summed E-state index contributed by atoms with van der Waals surface area (Å²) in [6, 6.07) is 3.20. The Balaban J connectivity index is 1.29. The minimum atomic E-state index is -0.316. The number of hydrogen-bond acceptors (Lipinski definition) is 4. The molecule has 3 heterocycles. The van der Waals surface area contributed by atoms with Gasteiger partial charge in [-0.3, -0.25) is 9.78 Å². The molecule has 2 atom stereocenters. The first-order valence-electron chi connectivity index (χ1n) is 8.94. The Morgan fingerprint density at radius 3 is 2.96 bits per heavy atom. The Kier molecular flexibility index (Phi) is 3.51. The van der Waals surface area contributed by atoms with Crippen LogP contribution in [0.1, 0.15) is 36.8 Å². The third kappa shape index (κ3) is 2.57. The molecule has 5 rings (SSSR count). The second-order valence-corrected chi connectivity index (χ2v) is 7.14. The number of rotatable bonds is 4. The highest BCUT2D eigenvalue weighted by atomic mass is 19.1. The minimum Gasteiger partial charge on any atom is -0.445 e. The van der Waals surface area contributed by atoms with E-state index >= 15 is 0 Å². The van der Waals surface area contributed by atoms with Gasteiger partial charge < -0.3 is 9.32 Å². The van der Waals surface area contributed by atoms with Gasteiger partial charge in [-0.05, 0) is 42.9 Å². The number of pyridine rings is 1. The average Bonchev–Trinajstić information content (AvgIpc) is 3.06. The summed E-state index contributed by atoms with van der Waals surface area (Å²) in [6.07, 6.45) is 9.18. The summed E-state index contributed by atoms with van der Waals surface area (Å²) in [6.45, 7) is 1.33. The van der Waals surface area contributed by atoms with Crippen molar-refractivity contribution in [2.45, 2.75) is 25.2 Å². The predicted molar refractivity (Wildman–Crippen MR) is 92.4 cm³/mol. The SMILES string of the molecule is O=C1C2=C(CN1CC1CC1c1ccc(F)cn1)C(c1ncco1)=CCC2. The number of allylic oxidation sites excluding steroid dienone is 1. The van der Waals surface area contributed by atoms with Gasteiger partial charge in [0.1, 0.15) is 12.1 Å². The second-order valence-electron chi connectivity index (χ2n) is 7.14. The zero-order valence-electron chi connectivity index (χ0n) is 14.2. The lowest BCUT2D eigenvalue weighted by Gasteiger charge is -2.17. The van der Waals surface area contributed by atoms with Crippen LogP contribution >= 0.6 is 0 Å². The molecule has 2 aliphatic carbocycles. The van der Waals surface area contributed by atoms with Crippen molar-refractivity contribution in [3.63, 3.8) is 0 Å². The lowest BCUT2D eigenvalue weighted by atomic mass is 9.92. The molecule has 26 heavy (non-hydrogen) atoms. The molecule has 5 nitrogen and oxygen atoms in total. The number of amides is 1. The maximum absolute atomic E-state index is 13.0. The highest BCUT2D eigenvalue weighted by molar-refractivity contribution is 6.02. The fourth-order valence-electron chi connectivity index (χ4n) is 4.09. The summed E-state index contributed by atoms with van der Waals surface area (Å²) in [7, 11) is 0. The van der Waals surface area contributed by atoms with E-state index in [0.29, 0.717) is 30.8 Å². The molecule has 0 aromatic carbocycles. The summed E-state index contributed by atoms with van der Waals surface area (Å²) in [5, 5.41) is 0. The molecule has 2 aromatic rings. The van der Waals surface area contributed by atoms with Crippen molar-refractivity contribution < 1.29 is 13.6 Å². The number of carbonyl (C=O) groups excluding carboxylic acids is 1. The van der Waals surface area contributed by atoms with Gasteiger partial charge in [0.2, 0.25) is 11.8 Å². The topological polar surface area (TPSA) is 59.2 Å². The summed E-state index contributed by atoms with van der Waals surface area (Å²) < 4.78 is 18.5. The normalized spacial score (nSPS) is 24.7. The fraction of sp³-hybridized carbons (Fsp3) is 0.350. The van der Waals surface area contributed by atoms with E-state index in [-0.39, 0.29) is 11.7 Å². The van der Waals surface area contributed by atoms with E-state index in [2.05, 4.69) is 16.0 Å². The Morgan fingerprint density at radius 2 is 2.19 bits per heavy atom. The van der Waals surface area contributed by atoms with Crippen molar-refractivity contribution in [1.82, 2.24) is 14.9 Å². The molecule has 0 saturated heterocycles. The van der Waals surface area contributed by atoms with Crippen molar-refractivity contribution in [3.05, 3.63) is 65.4 Å². The van der Waals surface area contributed by atoms with Crippen LogP contribution in [-0.4, -0.2) is 33.9 Å². The number of aromatic nitrogens is 2. The molecule has 2 unspecified atom stereocenters. The maximum Gasteiger partial charge on any atom is 0.250 e. The van der Waals surface area contributed by atoms with E-state index in [1.54, 1.807) is 18.5 Å². The first-order chi connectivity index (χ1) is 12.7. The van der Waals surface area contributed by atoms with Crippen molar-refractivity contribution in [1.29, 1.82) is 0 Å². The van der Waals surface area contributed by atoms with Gasteiger partial charge in [0.15, 0.2) is 0 Å². The summed E-state index contributed by atoms with van der Waals surface area (Å²) in [5.41, 5.74) is 3.83. The van der Waals surface area contributed by atoms with E-state index in [1.165, 1.54) is 12.3 Å². The molecule has 6 heteroatoms. The van der Waals surface area contributed by atoms with Gasteiger partial charge in [-0.25, -0.2) is 9.37 Å². The third-order valence-electron chi connectivity index (χ3n) is 5.50. The first kappa shape index (κ1) is 15.5. The van der Waals surface area contributed by atoms with Crippen LogP contribution in [0, 0.1) is 11.7 Å². The van der Waals surface area contributed by atoms with Crippen molar-refractivity contribution in [3.8, 4) is 0 Å². The Morgan fingerprint density at radius 1 is 1.27 bits per heavy atom. The zero-order valence-corrected chi connectivity index (χ0v) is 14.2. The Hall–Kier alpha value is -2.76. The molecule has 1 fully saturated rings. The van der Waals surface area contributed by atoms with Crippen LogP contribution in [0.2, 0.25) is 0 Å². The van der Waals surface area contributed by atoms with Crippen LogP contribution in [0.4, 0.5) is 4.39 Å². The molecule has 1 aliphatic heterocycles. The summed E-state index contributed by atoms with van der Waals surface area (Å²) in [4.78, 5) is 23.2. The molecule has 0 spiro atoms. The van der Waals surface area contributed by atoms with Crippen LogP contribution < -0.4 is 0 Å². The van der Waals surface area contributed by atoms with E-state index in [0.717, 1.165) is 41.7 Å². The van der Waals surface area contributed by atoms with Crippen molar-refractivity contribution >= 4 is 11.5 Å². The molecule has 1 amide bonds. The monoisotopic (exact) mass is 351 g/mol. The lowest BCUT2D eigenvalue weighted by molar-refractivity contribution is -0.125. The number of halogens is 1. The molecule has 0 radical (unpaired) electrons. The molecule has 0 bridgehead atoms. The third-order valence-corrected chi connectivity index (χ3v) is 5.50. The number of oxazole rings is 1. The van der Waals surface area contributed by atoms with Gasteiger partial charge in [-0.2, -0.15) is 0 Å². The highest BCUT2D eigenvalue weighted by Crippen LogP contribution is 2.48. The van der Waals surface area contributed by atoms with Gasteiger partial charge in [0.25, 0.3) is 0 Å². The van der Waals surface area contributed by atoms with E-state index in [4.69, 9.17) is 4.42 Å². The standard InChI is InChI=1S/C20H18FN3O2/c21-13-4-5-18(23-9-13)16-8-12(16)10-24-11-17-14(19-22-6-7-26-19)2-1-3-15(17)20(24)25/h2,4-7,9,12,16H,1,3,8,10-11H2. The van der Waals surface area contributed by atoms with Gasteiger partial charge in [-0.1, -0.05) is 6.08 Å². The molecule has 1 saturated carbocycles. The maximum atomic E-state index is 13.0. The molecule has 0 N–H and O–H groups in total. The molecule has 132 valence electrons. The van der Waals surface area contributed by atoms with E-state index in [1.807, 2.05) is 4.90 Å². The van der Waals surface area contributed by atoms with Gasteiger partial charge in [0, 0.05) is 35.8 Å². The van der Waals surface area contributed by atoms with Crippen LogP contribution in [0.5, 0.6) is 0 Å². The minimum absolute atomic E-state index is 0.134. The van der Waals surface area contributed by atoms with Crippen LogP contribution in [0.3, 0.4) is 0 Å². The fourth-order valence-corrected chi connectivity index (χ4v) is 4.09. The molecule has 3 aliphatic rings. The van der Waals surface area contributed by atoms with E-state index in [9.17, 15) is 9.18 Å². The predicted octanol–water partition coefficient (Wildman–Crippen LogP) is 3.33. The average molecular weight is 351 g/mol. The number of hydrogen-bond donors (Lipinski definition) is 0. The van der Waals surface area contributed by atoms with Crippen LogP contribution in [-0.2, 0) is 4.79 Å². The summed E-state index contributed by atoms with van der Waals surface area (Å²) >= 11 is 0. The smallest absolute Gasteiger partial charge is 0.250 e. The largest absolute Gasteiger partial charge is 0.445 e. The van der Waals surface area contributed by atoms with Gasteiger partial charge in [-0.15, -0.1) is 0 Å². The van der Waals surface area contributed by atoms with Crippen LogP contribution in [0.25, 0.3) is 5.57 Å². The Bertz CT molecular complexity index is 915. The van der Waals surface area contributed by atoms with Crippen molar-refractivity contribution in [2.24, 2.45) is 5.92 Å². The zero-order chi connectivity index (χ0) is 17.7. The van der Waals surface area contributed by atoms with Crippen LogP contribution in [0.15, 0.2) is 52.4 Å². The number of carbonyl (C=O) groups is 1. The van der Waals surface area contributed by atoms with Gasteiger partial charge >= 0.3 is 0 Å². The van der Waals surface area contributed by atoms with E-state index < -0.39 is 0 Å². The Labute approximate surface area is 150 Å². The highest BCUT2D eigenvalue weighted by Gasteiger charge is 2.43. The lowest BCUT2D eigenvalue weighted by Crippen LogP contribution is -2.29. The second kappa shape index (κ2) is 5.90.